The Kier molecular flexibility index (Phi) is 7.34. The highest BCUT2D eigenvalue weighted by atomic mass is 35.5. The Bertz CT molecular complexity index is 1180. The smallest absolute Gasteiger partial charge is 0.240 e. The molecule has 1 saturated heterocycles. The molecule has 3 aliphatic rings. The van der Waals surface area contributed by atoms with Crippen molar-refractivity contribution in [2.75, 3.05) is 55.6 Å². The van der Waals surface area contributed by atoms with Crippen LogP contribution in [-0.4, -0.2) is 65.0 Å². The SMILES string of the molecule is O=C(C1CCC1)N1CCc2cc(S(=O)(=O)NCCCN3CCN(c4cccc(Cl)c4)CC3)ccc21. The van der Waals surface area contributed by atoms with E-state index in [1.54, 1.807) is 18.2 Å². The van der Waals surface area contributed by atoms with Gasteiger partial charge in [-0.25, -0.2) is 13.1 Å². The highest BCUT2D eigenvalue weighted by Gasteiger charge is 2.33. The van der Waals surface area contributed by atoms with E-state index < -0.39 is 10.0 Å². The Balaban J connectivity index is 1.08. The van der Waals surface area contributed by atoms with Gasteiger partial charge in [0.15, 0.2) is 0 Å². The topological polar surface area (TPSA) is 73.0 Å². The number of sulfonamides is 1. The van der Waals surface area contributed by atoms with Gasteiger partial charge in [-0.05, 0) is 74.2 Å². The molecule has 1 saturated carbocycles. The lowest BCUT2D eigenvalue weighted by atomic mass is 9.84. The van der Waals surface area contributed by atoms with Gasteiger partial charge in [-0.1, -0.05) is 24.1 Å². The van der Waals surface area contributed by atoms with Crippen molar-refractivity contribution in [3.05, 3.63) is 53.1 Å². The lowest BCUT2D eigenvalue weighted by Gasteiger charge is -2.36. The van der Waals surface area contributed by atoms with Crippen LogP contribution in [0.2, 0.25) is 5.02 Å². The summed E-state index contributed by atoms with van der Waals surface area (Å²) in [7, 11) is -3.57. The molecule has 5 rings (SSSR count). The Hall–Kier alpha value is -2.13. The van der Waals surface area contributed by atoms with E-state index in [9.17, 15) is 13.2 Å². The largest absolute Gasteiger partial charge is 0.369 e. The van der Waals surface area contributed by atoms with Crippen molar-refractivity contribution >= 4 is 38.9 Å². The number of hydrogen-bond acceptors (Lipinski definition) is 5. The monoisotopic (exact) mass is 516 g/mol. The predicted octanol–water partition coefficient (Wildman–Crippen LogP) is 3.52. The number of piperazine rings is 1. The van der Waals surface area contributed by atoms with Crippen molar-refractivity contribution in [2.45, 2.75) is 37.0 Å². The Morgan fingerprint density at radius 1 is 1.03 bits per heavy atom. The lowest BCUT2D eigenvalue weighted by Crippen LogP contribution is -2.47. The minimum absolute atomic E-state index is 0.144. The van der Waals surface area contributed by atoms with Crippen molar-refractivity contribution in [1.82, 2.24) is 9.62 Å². The number of carbonyl (C=O) groups excluding carboxylic acids is 1. The zero-order chi connectivity index (χ0) is 24.4. The first-order valence-corrected chi connectivity index (χ1v) is 14.4. The van der Waals surface area contributed by atoms with Crippen LogP contribution in [-0.2, 0) is 21.2 Å². The third-order valence-corrected chi connectivity index (χ3v) is 9.16. The third kappa shape index (κ3) is 5.50. The summed E-state index contributed by atoms with van der Waals surface area (Å²) >= 11 is 6.11. The number of carbonyl (C=O) groups is 1. The molecule has 0 atom stereocenters. The van der Waals surface area contributed by atoms with Crippen molar-refractivity contribution in [3.8, 4) is 0 Å². The second-order valence-corrected chi connectivity index (χ2v) is 11.9. The van der Waals surface area contributed by atoms with Crippen molar-refractivity contribution < 1.29 is 13.2 Å². The molecule has 1 amide bonds. The van der Waals surface area contributed by atoms with Crippen molar-refractivity contribution in [1.29, 1.82) is 0 Å². The normalized spacial score (nSPS) is 19.0. The summed E-state index contributed by atoms with van der Waals surface area (Å²) in [5, 5.41) is 0.750. The fraction of sp³-hybridized carbons (Fsp3) is 0.500. The van der Waals surface area contributed by atoms with Gasteiger partial charge >= 0.3 is 0 Å². The Morgan fingerprint density at radius 2 is 1.83 bits per heavy atom. The van der Waals surface area contributed by atoms with Gasteiger partial charge < -0.3 is 9.80 Å². The van der Waals surface area contributed by atoms with Gasteiger partial charge in [-0.15, -0.1) is 0 Å². The van der Waals surface area contributed by atoms with Gasteiger partial charge in [-0.2, -0.15) is 0 Å². The number of nitrogens with one attached hydrogen (secondary N) is 1. The molecule has 188 valence electrons. The van der Waals surface area contributed by atoms with Crippen molar-refractivity contribution in [3.63, 3.8) is 0 Å². The van der Waals surface area contributed by atoms with Gasteiger partial charge in [-0.3, -0.25) is 9.69 Å². The summed E-state index contributed by atoms with van der Waals surface area (Å²) in [5.41, 5.74) is 2.96. The van der Waals surface area contributed by atoms with E-state index in [0.717, 1.165) is 80.4 Å². The van der Waals surface area contributed by atoms with Crippen LogP contribution in [0.1, 0.15) is 31.2 Å². The van der Waals surface area contributed by atoms with E-state index >= 15 is 0 Å². The molecule has 2 aromatic carbocycles. The molecule has 0 bridgehead atoms. The van der Waals surface area contributed by atoms with Gasteiger partial charge in [0.1, 0.15) is 0 Å². The van der Waals surface area contributed by atoms with Crippen LogP contribution in [0.3, 0.4) is 0 Å². The maximum atomic E-state index is 12.9. The second kappa shape index (κ2) is 10.5. The van der Waals surface area contributed by atoms with Crippen LogP contribution < -0.4 is 14.5 Å². The summed E-state index contributed by atoms with van der Waals surface area (Å²) in [6, 6.07) is 13.1. The average molecular weight is 517 g/mol. The number of fused-ring (bicyclic) bond motifs is 1. The first-order valence-electron chi connectivity index (χ1n) is 12.6. The molecule has 2 aliphatic heterocycles. The van der Waals surface area contributed by atoms with Crippen molar-refractivity contribution in [2.24, 2.45) is 5.92 Å². The van der Waals surface area contributed by atoms with Crippen LogP contribution in [0.25, 0.3) is 0 Å². The number of rotatable bonds is 8. The fourth-order valence-corrected chi connectivity index (χ4v) is 6.45. The van der Waals surface area contributed by atoms with E-state index in [2.05, 4.69) is 20.6 Å². The molecule has 35 heavy (non-hydrogen) atoms. The quantitative estimate of drug-likeness (QED) is 0.543. The maximum Gasteiger partial charge on any atom is 0.240 e. The number of halogens is 1. The zero-order valence-electron chi connectivity index (χ0n) is 20.0. The number of amides is 1. The maximum absolute atomic E-state index is 12.9. The predicted molar refractivity (Wildman–Crippen MR) is 140 cm³/mol. The summed E-state index contributed by atoms with van der Waals surface area (Å²) in [6.07, 6.45) is 4.53. The second-order valence-electron chi connectivity index (χ2n) is 9.72. The Labute approximate surface area is 213 Å². The highest BCUT2D eigenvalue weighted by Crippen LogP contribution is 2.35. The van der Waals surface area contributed by atoms with E-state index in [1.165, 1.54) is 0 Å². The summed E-state index contributed by atoms with van der Waals surface area (Å²) < 4.78 is 28.5. The van der Waals surface area contributed by atoms with Crippen LogP contribution in [0.5, 0.6) is 0 Å². The number of nitrogens with zero attached hydrogens (tertiary/aromatic N) is 3. The minimum atomic E-state index is -3.57. The summed E-state index contributed by atoms with van der Waals surface area (Å²) in [5.74, 6) is 0.336. The fourth-order valence-electron chi connectivity index (χ4n) is 5.14. The van der Waals surface area contributed by atoms with Crippen LogP contribution >= 0.6 is 11.6 Å². The van der Waals surface area contributed by atoms with E-state index in [-0.39, 0.29) is 16.7 Å². The number of benzene rings is 2. The first kappa shape index (κ1) is 24.6. The number of hydrogen-bond donors (Lipinski definition) is 1. The zero-order valence-corrected chi connectivity index (χ0v) is 21.5. The molecule has 7 nitrogen and oxygen atoms in total. The molecule has 0 radical (unpaired) electrons. The van der Waals surface area contributed by atoms with Crippen LogP contribution in [0.15, 0.2) is 47.4 Å². The lowest BCUT2D eigenvalue weighted by molar-refractivity contribution is -0.124. The summed E-state index contributed by atoms with van der Waals surface area (Å²) in [6.45, 7) is 5.66. The standard InChI is InChI=1S/C26H33ClN4O3S/c27-22-6-2-7-23(19-22)30-16-14-29(15-17-30)12-3-11-28-35(33,34)24-8-9-25-21(18-24)10-13-31(25)26(32)20-4-1-5-20/h2,6-9,18-20,28H,1,3-5,10-17H2. The molecule has 0 spiro atoms. The minimum Gasteiger partial charge on any atom is -0.369 e. The van der Waals surface area contributed by atoms with E-state index in [4.69, 9.17) is 11.6 Å². The van der Waals surface area contributed by atoms with Crippen LogP contribution in [0.4, 0.5) is 11.4 Å². The van der Waals surface area contributed by atoms with Gasteiger partial charge in [0, 0.05) is 61.6 Å². The third-order valence-electron chi connectivity index (χ3n) is 7.47. The first-order chi connectivity index (χ1) is 16.9. The van der Waals surface area contributed by atoms with E-state index in [1.807, 2.05) is 23.1 Å². The molecule has 2 fully saturated rings. The molecule has 2 aromatic rings. The number of anilines is 2. The Morgan fingerprint density at radius 3 is 2.54 bits per heavy atom. The molecule has 2 heterocycles. The molecule has 1 aliphatic carbocycles. The van der Waals surface area contributed by atoms with Gasteiger partial charge in [0.25, 0.3) is 0 Å². The molecular weight excluding hydrogens is 484 g/mol. The highest BCUT2D eigenvalue weighted by molar-refractivity contribution is 7.89. The van der Waals surface area contributed by atoms with Gasteiger partial charge in [0.05, 0.1) is 4.90 Å². The van der Waals surface area contributed by atoms with Gasteiger partial charge in [0.2, 0.25) is 15.9 Å². The molecular formula is C26H33ClN4O3S. The molecule has 1 N–H and O–H groups in total. The van der Waals surface area contributed by atoms with Crippen LogP contribution in [0, 0.1) is 5.92 Å². The average Bonchev–Trinajstić information content (AvgIpc) is 3.25. The molecule has 0 aromatic heterocycles. The molecule has 0 unspecified atom stereocenters. The van der Waals surface area contributed by atoms with E-state index in [0.29, 0.717) is 19.5 Å². The molecule has 9 heteroatoms. The summed E-state index contributed by atoms with van der Waals surface area (Å²) in [4.78, 5) is 19.5.